The second-order valence-corrected chi connectivity index (χ2v) is 6.20. The van der Waals surface area contributed by atoms with E-state index >= 15 is 0 Å². The highest BCUT2D eigenvalue weighted by atomic mass is 79.9. The molecule has 1 aromatic heterocycles. The summed E-state index contributed by atoms with van der Waals surface area (Å²) in [5.74, 6) is 0.835. The smallest absolute Gasteiger partial charge is 0.0860 e. The van der Waals surface area contributed by atoms with Crippen LogP contribution in [0.2, 0.25) is 5.02 Å². The second-order valence-electron chi connectivity index (χ2n) is 5.03. The molecule has 1 atom stereocenters. The van der Waals surface area contributed by atoms with Gasteiger partial charge in [0, 0.05) is 25.0 Å². The van der Waals surface area contributed by atoms with Gasteiger partial charge in [-0.1, -0.05) is 27.5 Å². The number of alkyl halides is 1. The molecule has 0 bridgehead atoms. The number of likely N-dealkylation sites (tertiary alicyclic amines) is 1. The first-order chi connectivity index (χ1) is 8.65. The van der Waals surface area contributed by atoms with Crippen LogP contribution in [0.5, 0.6) is 0 Å². The summed E-state index contributed by atoms with van der Waals surface area (Å²) in [6.07, 6.45) is 2.58. The molecule has 0 radical (unpaired) electrons. The summed E-state index contributed by atoms with van der Waals surface area (Å²) in [6, 6.07) is 0. The molecule has 18 heavy (non-hydrogen) atoms. The van der Waals surface area contributed by atoms with Crippen molar-refractivity contribution in [2.75, 3.05) is 18.4 Å². The molecule has 0 amide bonds. The summed E-state index contributed by atoms with van der Waals surface area (Å²) in [5.41, 5.74) is 2.13. The van der Waals surface area contributed by atoms with Crippen molar-refractivity contribution in [3.8, 4) is 0 Å². The van der Waals surface area contributed by atoms with Gasteiger partial charge < -0.3 is 0 Å². The van der Waals surface area contributed by atoms with E-state index in [1.165, 1.54) is 31.6 Å². The SMILES string of the molecule is CCn1nc(C)c(Cl)c1CN1CCC(CCBr)C1. The molecular formula is C13H21BrClN3. The van der Waals surface area contributed by atoms with Crippen molar-refractivity contribution in [2.24, 2.45) is 5.92 Å². The second kappa shape index (κ2) is 6.40. The summed E-state index contributed by atoms with van der Waals surface area (Å²) < 4.78 is 2.04. The third kappa shape index (κ3) is 3.09. The van der Waals surface area contributed by atoms with Crippen LogP contribution in [0, 0.1) is 12.8 Å². The third-order valence-corrected chi connectivity index (χ3v) is 4.66. The summed E-state index contributed by atoms with van der Waals surface area (Å²) >= 11 is 9.88. The molecule has 0 spiro atoms. The maximum atomic E-state index is 6.35. The Bertz CT molecular complexity index is 405. The zero-order valence-electron chi connectivity index (χ0n) is 11.1. The molecule has 102 valence electrons. The highest BCUT2D eigenvalue weighted by Gasteiger charge is 2.24. The fourth-order valence-electron chi connectivity index (χ4n) is 2.68. The fourth-order valence-corrected chi connectivity index (χ4v) is 3.52. The zero-order chi connectivity index (χ0) is 13.1. The summed E-state index contributed by atoms with van der Waals surface area (Å²) in [6.45, 7) is 8.30. The van der Waals surface area contributed by atoms with Gasteiger partial charge in [-0.3, -0.25) is 9.58 Å². The van der Waals surface area contributed by atoms with Crippen LogP contribution in [-0.4, -0.2) is 33.1 Å². The van der Waals surface area contributed by atoms with Gasteiger partial charge in [-0.25, -0.2) is 0 Å². The molecule has 0 saturated carbocycles. The van der Waals surface area contributed by atoms with Gasteiger partial charge in [0.1, 0.15) is 0 Å². The Morgan fingerprint density at radius 1 is 1.50 bits per heavy atom. The topological polar surface area (TPSA) is 21.1 Å². The van der Waals surface area contributed by atoms with Crippen LogP contribution in [-0.2, 0) is 13.1 Å². The van der Waals surface area contributed by atoms with Gasteiger partial charge in [-0.15, -0.1) is 0 Å². The fraction of sp³-hybridized carbons (Fsp3) is 0.769. The van der Waals surface area contributed by atoms with E-state index in [0.717, 1.165) is 35.1 Å². The lowest BCUT2D eigenvalue weighted by Gasteiger charge is -2.16. The van der Waals surface area contributed by atoms with Gasteiger partial charge in [-0.2, -0.15) is 5.10 Å². The van der Waals surface area contributed by atoms with Gasteiger partial charge in [0.2, 0.25) is 0 Å². The Morgan fingerprint density at radius 3 is 2.94 bits per heavy atom. The number of hydrogen-bond acceptors (Lipinski definition) is 2. The third-order valence-electron chi connectivity index (χ3n) is 3.71. The van der Waals surface area contributed by atoms with E-state index in [0.29, 0.717) is 0 Å². The van der Waals surface area contributed by atoms with Gasteiger partial charge in [0.05, 0.1) is 16.4 Å². The van der Waals surface area contributed by atoms with Crippen LogP contribution in [0.25, 0.3) is 0 Å². The highest BCUT2D eigenvalue weighted by Crippen LogP contribution is 2.26. The molecule has 0 aromatic carbocycles. The van der Waals surface area contributed by atoms with E-state index in [4.69, 9.17) is 11.6 Å². The lowest BCUT2D eigenvalue weighted by Crippen LogP contribution is -2.22. The molecule has 0 N–H and O–H groups in total. The van der Waals surface area contributed by atoms with Crippen molar-refractivity contribution < 1.29 is 0 Å². The van der Waals surface area contributed by atoms with Crippen LogP contribution in [0.1, 0.15) is 31.2 Å². The van der Waals surface area contributed by atoms with E-state index < -0.39 is 0 Å². The molecule has 1 unspecified atom stereocenters. The zero-order valence-corrected chi connectivity index (χ0v) is 13.5. The minimum atomic E-state index is 0.835. The monoisotopic (exact) mass is 333 g/mol. The van der Waals surface area contributed by atoms with E-state index in [9.17, 15) is 0 Å². The van der Waals surface area contributed by atoms with E-state index in [1.807, 2.05) is 11.6 Å². The van der Waals surface area contributed by atoms with Gasteiger partial charge in [-0.05, 0) is 39.2 Å². The number of hydrogen-bond donors (Lipinski definition) is 0. The van der Waals surface area contributed by atoms with Crippen molar-refractivity contribution >= 4 is 27.5 Å². The maximum Gasteiger partial charge on any atom is 0.0860 e. The Morgan fingerprint density at radius 2 is 2.28 bits per heavy atom. The van der Waals surface area contributed by atoms with Gasteiger partial charge in [0.15, 0.2) is 0 Å². The Hall–Kier alpha value is -0.0600. The molecular weight excluding hydrogens is 314 g/mol. The number of aromatic nitrogens is 2. The van der Waals surface area contributed by atoms with E-state index in [1.54, 1.807) is 0 Å². The van der Waals surface area contributed by atoms with Crippen molar-refractivity contribution in [2.45, 2.75) is 39.8 Å². The minimum absolute atomic E-state index is 0.835. The van der Waals surface area contributed by atoms with Crippen LogP contribution >= 0.6 is 27.5 Å². The lowest BCUT2D eigenvalue weighted by molar-refractivity contribution is 0.304. The molecule has 2 rings (SSSR count). The molecule has 3 nitrogen and oxygen atoms in total. The van der Waals surface area contributed by atoms with Crippen LogP contribution in [0.4, 0.5) is 0 Å². The number of aryl methyl sites for hydroxylation is 2. The number of nitrogens with zero attached hydrogens (tertiary/aromatic N) is 3. The minimum Gasteiger partial charge on any atom is -0.297 e. The normalized spacial score (nSPS) is 20.8. The van der Waals surface area contributed by atoms with Crippen LogP contribution in [0.15, 0.2) is 0 Å². The van der Waals surface area contributed by atoms with Crippen molar-refractivity contribution in [3.63, 3.8) is 0 Å². The molecule has 5 heteroatoms. The molecule has 1 fully saturated rings. The molecule has 1 aliphatic rings. The van der Waals surface area contributed by atoms with Crippen molar-refractivity contribution in [1.82, 2.24) is 14.7 Å². The summed E-state index contributed by atoms with van der Waals surface area (Å²) in [4.78, 5) is 2.50. The largest absolute Gasteiger partial charge is 0.297 e. The number of halogens is 2. The Labute approximate surface area is 123 Å². The lowest BCUT2D eigenvalue weighted by atomic mass is 10.1. The van der Waals surface area contributed by atoms with E-state index in [2.05, 4.69) is 32.9 Å². The number of rotatable bonds is 5. The van der Waals surface area contributed by atoms with Crippen molar-refractivity contribution in [1.29, 1.82) is 0 Å². The van der Waals surface area contributed by atoms with E-state index in [-0.39, 0.29) is 0 Å². The first-order valence-corrected chi connectivity index (χ1v) is 8.15. The predicted molar refractivity (Wildman–Crippen MR) is 79.4 cm³/mol. The Balaban J connectivity index is 2.02. The Kier molecular flexibility index (Phi) is 5.10. The standard InChI is InChI=1S/C13H21BrClN3/c1-3-18-12(13(15)10(2)16-18)9-17-7-5-11(8-17)4-6-14/h11H,3-9H2,1-2H3. The maximum absolute atomic E-state index is 6.35. The van der Waals surface area contributed by atoms with Crippen molar-refractivity contribution in [3.05, 3.63) is 16.4 Å². The molecule has 1 aliphatic heterocycles. The molecule has 2 heterocycles. The molecule has 1 saturated heterocycles. The summed E-state index contributed by atoms with van der Waals surface area (Å²) in [7, 11) is 0. The van der Waals surface area contributed by atoms with Gasteiger partial charge >= 0.3 is 0 Å². The van der Waals surface area contributed by atoms with Crippen LogP contribution in [0.3, 0.4) is 0 Å². The first-order valence-electron chi connectivity index (χ1n) is 6.65. The first kappa shape index (κ1) is 14.4. The quantitative estimate of drug-likeness (QED) is 0.769. The van der Waals surface area contributed by atoms with Gasteiger partial charge in [0.25, 0.3) is 0 Å². The molecule has 1 aromatic rings. The average Bonchev–Trinajstić information content (AvgIpc) is 2.90. The summed E-state index contributed by atoms with van der Waals surface area (Å²) in [5, 5.41) is 6.43. The molecule has 0 aliphatic carbocycles. The highest BCUT2D eigenvalue weighted by molar-refractivity contribution is 9.09. The average molecular weight is 335 g/mol. The predicted octanol–water partition coefficient (Wildman–Crippen LogP) is 3.47. The van der Waals surface area contributed by atoms with Crippen LogP contribution < -0.4 is 0 Å².